The number of nitrogens with zero attached hydrogens (tertiary/aromatic N) is 4. The van der Waals surface area contributed by atoms with Gasteiger partial charge in [0.25, 0.3) is 0 Å². The Morgan fingerprint density at radius 2 is 0.750 bits per heavy atom. The molecule has 0 amide bonds. The molecule has 8 heteroatoms. The minimum atomic E-state index is -1.23. The van der Waals surface area contributed by atoms with Gasteiger partial charge in [-0.1, -0.05) is 182 Å². The largest absolute Gasteiger partial charge is 0.481 e. The van der Waals surface area contributed by atoms with Gasteiger partial charge in [-0.3, -0.25) is 0 Å². The Hall–Kier alpha value is -7.46. The molecule has 364 valence electrons. The van der Waals surface area contributed by atoms with Gasteiger partial charge in [0.1, 0.15) is 11.2 Å². The smallest absolute Gasteiger partial charge is 0.217 e. The molecule has 2 N–H and O–H groups in total. The lowest BCUT2D eigenvalue weighted by Crippen LogP contribution is -2.38. The summed E-state index contributed by atoms with van der Waals surface area (Å²) in [7, 11) is 11.5. The van der Waals surface area contributed by atoms with Gasteiger partial charge in [-0.2, -0.15) is 0 Å². The maximum absolute atomic E-state index is 13.0. The molecule has 0 aliphatic heterocycles. The summed E-state index contributed by atoms with van der Waals surface area (Å²) in [6.07, 6.45) is 1.06. The predicted octanol–water partition coefficient (Wildman–Crippen LogP) is 12.7. The van der Waals surface area contributed by atoms with Crippen molar-refractivity contribution in [1.82, 2.24) is 19.8 Å². The van der Waals surface area contributed by atoms with E-state index in [2.05, 4.69) is 107 Å². The minimum Gasteiger partial charge on any atom is -0.481 e. The second-order valence-electron chi connectivity index (χ2n) is 19.3. The molecule has 0 aliphatic carbocycles. The molecule has 4 atom stereocenters. The molecule has 10 aromatic rings. The number of fused-ring (bicyclic) bond motifs is 4. The number of para-hydroxylation sites is 2. The first-order valence-electron chi connectivity index (χ1n) is 24.7. The van der Waals surface area contributed by atoms with Crippen LogP contribution in [0.15, 0.2) is 206 Å². The highest BCUT2D eigenvalue weighted by Gasteiger charge is 2.44. The zero-order valence-electron chi connectivity index (χ0n) is 42.1. The van der Waals surface area contributed by atoms with Gasteiger partial charge in [0, 0.05) is 46.8 Å². The molecule has 10 rings (SSSR count). The van der Waals surface area contributed by atoms with Crippen LogP contribution in [0, 0.1) is 0 Å². The molecule has 2 aromatic heterocycles. The third-order valence-corrected chi connectivity index (χ3v) is 14.1. The minimum absolute atomic E-state index is 0.406. The van der Waals surface area contributed by atoms with Gasteiger partial charge in [-0.25, -0.2) is 9.97 Å². The molecular weight excluding hydrogens is 889 g/mol. The second kappa shape index (κ2) is 21.9. The van der Waals surface area contributed by atoms with Crippen LogP contribution in [0.1, 0.15) is 58.1 Å². The number of aromatic nitrogens is 2. The summed E-state index contributed by atoms with van der Waals surface area (Å²) in [4.78, 5) is 14.0. The van der Waals surface area contributed by atoms with E-state index in [0.29, 0.717) is 37.7 Å². The second-order valence-corrected chi connectivity index (χ2v) is 19.3. The van der Waals surface area contributed by atoms with Gasteiger partial charge >= 0.3 is 0 Å². The molecule has 72 heavy (non-hydrogen) atoms. The van der Waals surface area contributed by atoms with Crippen molar-refractivity contribution in [2.24, 2.45) is 0 Å². The van der Waals surface area contributed by atoms with E-state index in [-0.39, 0.29) is 0 Å². The fraction of sp³-hybridized carbons (Fsp3) is 0.219. The highest BCUT2D eigenvalue weighted by molar-refractivity contribution is 5.88. The van der Waals surface area contributed by atoms with Crippen LogP contribution in [0.3, 0.4) is 0 Å². The van der Waals surface area contributed by atoms with Crippen molar-refractivity contribution in [3.05, 3.63) is 240 Å². The summed E-state index contributed by atoms with van der Waals surface area (Å²) in [6, 6.07) is 69.8. The zero-order valence-corrected chi connectivity index (χ0v) is 42.1. The highest BCUT2D eigenvalue weighted by Crippen LogP contribution is 2.51. The van der Waals surface area contributed by atoms with Crippen LogP contribution in [0.25, 0.3) is 43.4 Å². The van der Waals surface area contributed by atoms with E-state index in [1.165, 1.54) is 0 Å². The molecular formula is C64H64N4O4. The van der Waals surface area contributed by atoms with Gasteiger partial charge in [0.2, 0.25) is 11.8 Å². The monoisotopic (exact) mass is 952 g/mol. The number of ether oxygens (including phenoxy) is 2. The van der Waals surface area contributed by atoms with Crippen LogP contribution >= 0.6 is 0 Å². The molecule has 0 spiro atoms. The lowest BCUT2D eigenvalue weighted by atomic mass is 9.70. The van der Waals surface area contributed by atoms with Gasteiger partial charge < -0.3 is 29.5 Å². The number of hydrogen-bond donors (Lipinski definition) is 2. The SMILES string of the molecule is COc1nc2ccccc2cc1[C@@H](c1ccccc1)[C@@](O)(CCN(C)C)c1cccc2ccccc12.COc1nc2ccccc2cc1[C@H](c1ccccc1)[C@](O)(CCN(C)C)c1cccc2ccccc12. The van der Waals surface area contributed by atoms with E-state index in [4.69, 9.17) is 19.4 Å². The molecule has 0 saturated carbocycles. The highest BCUT2D eigenvalue weighted by atomic mass is 16.5. The molecule has 8 aromatic carbocycles. The standard InChI is InChI=1S/2C32H32N2O2/c2*1-34(2)21-20-32(35,28-18-11-16-23-12-7-9-17-26(23)28)30(24-13-5-4-6-14-24)27-22-25-15-8-10-19-29(25)33-31(27)36-3/h2*4-19,22,30,35H,20-21H2,1-3H3/t2*30-,32-/m10/s1. The summed E-state index contributed by atoms with van der Waals surface area (Å²) < 4.78 is 11.7. The van der Waals surface area contributed by atoms with Gasteiger partial charge in [-0.05, 0) is 109 Å². The Labute approximate surface area is 423 Å². The average Bonchev–Trinajstić information content (AvgIpc) is 3.42. The normalized spacial score (nSPS) is 14.1. The molecule has 2 heterocycles. The summed E-state index contributed by atoms with van der Waals surface area (Å²) in [5.41, 5.74) is 4.86. The first-order chi connectivity index (χ1) is 35.0. The predicted molar refractivity (Wildman–Crippen MR) is 295 cm³/mol. The van der Waals surface area contributed by atoms with Crippen LogP contribution in [0.4, 0.5) is 0 Å². The third kappa shape index (κ3) is 10.2. The van der Waals surface area contributed by atoms with E-state index in [9.17, 15) is 10.2 Å². The lowest BCUT2D eigenvalue weighted by molar-refractivity contribution is 0.00490. The molecule has 8 nitrogen and oxygen atoms in total. The van der Waals surface area contributed by atoms with Crippen molar-refractivity contribution in [1.29, 1.82) is 0 Å². The first-order valence-corrected chi connectivity index (χ1v) is 24.7. The fourth-order valence-corrected chi connectivity index (χ4v) is 10.5. The Balaban J connectivity index is 0.000000178. The number of methoxy groups -OCH3 is 2. The Kier molecular flexibility index (Phi) is 15.1. The molecule has 0 fully saturated rings. The van der Waals surface area contributed by atoms with E-state index >= 15 is 0 Å². The van der Waals surface area contributed by atoms with Crippen LogP contribution in [0.5, 0.6) is 11.8 Å². The molecule has 0 radical (unpaired) electrons. The number of pyridine rings is 2. The van der Waals surface area contributed by atoms with Crippen LogP contribution in [-0.4, -0.2) is 85.5 Å². The number of aliphatic hydroxyl groups is 2. The molecule has 0 unspecified atom stereocenters. The van der Waals surface area contributed by atoms with Crippen molar-refractivity contribution in [3.63, 3.8) is 0 Å². The molecule has 0 bridgehead atoms. The molecule has 0 saturated heterocycles. The van der Waals surface area contributed by atoms with Crippen molar-refractivity contribution in [3.8, 4) is 11.8 Å². The summed E-state index contributed by atoms with van der Waals surface area (Å²) in [6.45, 7) is 1.43. The topological polar surface area (TPSA) is 91.2 Å². The van der Waals surface area contributed by atoms with Crippen LogP contribution < -0.4 is 9.47 Å². The van der Waals surface area contributed by atoms with Crippen LogP contribution in [0.2, 0.25) is 0 Å². The van der Waals surface area contributed by atoms with E-state index in [1.54, 1.807) is 14.2 Å². The number of benzene rings is 8. The maximum atomic E-state index is 13.0. The maximum Gasteiger partial charge on any atom is 0.217 e. The van der Waals surface area contributed by atoms with Gasteiger partial charge in [0.15, 0.2) is 0 Å². The Bertz CT molecular complexity index is 3180. The van der Waals surface area contributed by atoms with Gasteiger partial charge in [0.05, 0.1) is 25.3 Å². The van der Waals surface area contributed by atoms with Crippen molar-refractivity contribution in [2.45, 2.75) is 35.9 Å². The van der Waals surface area contributed by atoms with Crippen molar-refractivity contribution < 1.29 is 19.7 Å². The Morgan fingerprint density at radius 3 is 1.12 bits per heavy atom. The summed E-state index contributed by atoms with van der Waals surface area (Å²) in [5, 5.41) is 32.3. The summed E-state index contributed by atoms with van der Waals surface area (Å²) >= 11 is 0. The van der Waals surface area contributed by atoms with E-state index in [0.717, 1.165) is 76.7 Å². The lowest BCUT2D eigenvalue weighted by Gasteiger charge is -2.39. The quantitative estimate of drug-likeness (QED) is 0.0990. The summed E-state index contributed by atoms with van der Waals surface area (Å²) in [5.74, 6) is 0.255. The first kappa shape index (κ1) is 49.5. The average molecular weight is 953 g/mol. The molecule has 0 aliphatic rings. The third-order valence-electron chi connectivity index (χ3n) is 14.1. The fourth-order valence-electron chi connectivity index (χ4n) is 10.5. The van der Waals surface area contributed by atoms with Gasteiger partial charge in [-0.15, -0.1) is 0 Å². The van der Waals surface area contributed by atoms with E-state index < -0.39 is 23.0 Å². The van der Waals surface area contributed by atoms with Crippen molar-refractivity contribution in [2.75, 3.05) is 55.5 Å². The van der Waals surface area contributed by atoms with E-state index in [1.807, 2.05) is 137 Å². The Morgan fingerprint density at radius 1 is 0.417 bits per heavy atom. The van der Waals surface area contributed by atoms with Crippen LogP contribution in [-0.2, 0) is 11.2 Å². The van der Waals surface area contributed by atoms with Crippen molar-refractivity contribution >= 4 is 43.4 Å². The number of hydrogen-bond acceptors (Lipinski definition) is 8. The zero-order chi connectivity index (χ0) is 50.2. The number of rotatable bonds is 16.